The minimum Gasteiger partial charge on any atom is -0.484 e. The fourth-order valence-electron chi connectivity index (χ4n) is 3.80. The van der Waals surface area contributed by atoms with Crippen molar-refractivity contribution in [1.29, 1.82) is 0 Å². The van der Waals surface area contributed by atoms with Gasteiger partial charge in [-0.25, -0.2) is 27.9 Å². The molecule has 0 N–H and O–H groups in total. The van der Waals surface area contributed by atoms with Gasteiger partial charge >= 0.3 is 5.63 Å². The number of ether oxygens (including phenoxy) is 2. The van der Waals surface area contributed by atoms with Crippen LogP contribution in [0.1, 0.15) is 19.4 Å². The molecule has 33 heavy (non-hydrogen) atoms. The summed E-state index contributed by atoms with van der Waals surface area (Å²) >= 11 is 0. The molecule has 0 bridgehead atoms. The lowest BCUT2D eigenvalue weighted by atomic mass is 9.90. The predicted molar refractivity (Wildman–Crippen MR) is 113 cm³/mol. The lowest BCUT2D eigenvalue weighted by molar-refractivity contribution is -0.0287. The minimum absolute atomic E-state index is 0.0485. The van der Waals surface area contributed by atoms with Crippen molar-refractivity contribution in [2.24, 2.45) is 0 Å². The molecule has 0 spiro atoms. The number of rotatable bonds is 3. The van der Waals surface area contributed by atoms with Crippen molar-refractivity contribution in [2.45, 2.75) is 32.0 Å². The van der Waals surface area contributed by atoms with E-state index < -0.39 is 34.8 Å². The summed E-state index contributed by atoms with van der Waals surface area (Å²) in [5, 5.41) is 0.744. The molecule has 5 rings (SSSR count). The van der Waals surface area contributed by atoms with Crippen LogP contribution in [-0.2, 0) is 6.42 Å². The summed E-state index contributed by atoms with van der Waals surface area (Å²) in [5.41, 5.74) is -0.137. The predicted octanol–water partition coefficient (Wildman–Crippen LogP) is 4.83. The standard InChI is InChI=1S/C24H17F3N2O4/c1-24(2)19(8-13-7-12-3-6-21(30)31-17(12)10-18(13)33-24)32-20-9-16(28-11-29-20)14-4-5-15(25)23(27)22(14)26/h3-7,9-11,19H,8H2,1-2H3. The van der Waals surface area contributed by atoms with Gasteiger partial charge in [0.2, 0.25) is 5.88 Å². The average Bonchev–Trinajstić information content (AvgIpc) is 2.77. The number of hydrogen-bond acceptors (Lipinski definition) is 6. The van der Waals surface area contributed by atoms with Crippen molar-refractivity contribution >= 4 is 11.0 Å². The lowest BCUT2D eigenvalue weighted by Gasteiger charge is -2.39. The van der Waals surface area contributed by atoms with Gasteiger partial charge in [0.25, 0.3) is 0 Å². The van der Waals surface area contributed by atoms with E-state index in [2.05, 4.69) is 9.97 Å². The molecule has 168 valence electrons. The second kappa shape index (κ2) is 7.61. The topological polar surface area (TPSA) is 74.5 Å². The molecule has 3 heterocycles. The van der Waals surface area contributed by atoms with Gasteiger partial charge in [0.15, 0.2) is 17.5 Å². The number of fused-ring (bicyclic) bond motifs is 2. The largest absolute Gasteiger partial charge is 0.484 e. The number of halogens is 3. The average molecular weight is 454 g/mol. The van der Waals surface area contributed by atoms with Gasteiger partial charge in [0, 0.05) is 35.6 Å². The highest BCUT2D eigenvalue weighted by Gasteiger charge is 2.39. The van der Waals surface area contributed by atoms with E-state index in [1.54, 1.807) is 12.1 Å². The molecule has 1 aliphatic rings. The van der Waals surface area contributed by atoms with Crippen LogP contribution in [0.3, 0.4) is 0 Å². The summed E-state index contributed by atoms with van der Waals surface area (Å²) in [6.07, 6.45) is 1.12. The highest BCUT2D eigenvalue weighted by Crippen LogP contribution is 2.37. The molecule has 1 atom stereocenters. The normalized spacial score (nSPS) is 16.8. The Hall–Kier alpha value is -3.88. The van der Waals surface area contributed by atoms with E-state index in [0.29, 0.717) is 17.8 Å². The SMILES string of the molecule is CC1(C)Oc2cc3oc(=O)ccc3cc2CC1Oc1cc(-c2ccc(F)c(F)c2F)ncn1. The summed E-state index contributed by atoms with van der Waals surface area (Å²) < 4.78 is 58.6. The molecule has 2 aromatic heterocycles. The Morgan fingerprint density at radius 3 is 2.67 bits per heavy atom. The van der Waals surface area contributed by atoms with E-state index in [9.17, 15) is 18.0 Å². The zero-order valence-corrected chi connectivity index (χ0v) is 17.6. The molecule has 0 saturated carbocycles. The van der Waals surface area contributed by atoms with Crippen LogP contribution in [0.5, 0.6) is 11.6 Å². The summed E-state index contributed by atoms with van der Waals surface area (Å²) in [5.74, 6) is -3.49. The maximum Gasteiger partial charge on any atom is 0.336 e. The molecule has 0 amide bonds. The summed E-state index contributed by atoms with van der Waals surface area (Å²) in [7, 11) is 0. The first-order chi connectivity index (χ1) is 15.7. The number of nitrogens with zero attached hydrogens (tertiary/aromatic N) is 2. The Balaban J connectivity index is 1.46. The summed E-state index contributed by atoms with van der Waals surface area (Å²) in [6, 6.07) is 9.85. The highest BCUT2D eigenvalue weighted by atomic mass is 19.2. The van der Waals surface area contributed by atoms with E-state index in [1.165, 1.54) is 12.1 Å². The van der Waals surface area contributed by atoms with Crippen LogP contribution in [0.15, 0.2) is 58.0 Å². The van der Waals surface area contributed by atoms with Crippen LogP contribution >= 0.6 is 0 Å². The molecular weight excluding hydrogens is 437 g/mol. The minimum atomic E-state index is -1.57. The molecular formula is C24H17F3N2O4. The van der Waals surface area contributed by atoms with Gasteiger partial charge in [-0.15, -0.1) is 0 Å². The Morgan fingerprint density at radius 1 is 1.03 bits per heavy atom. The van der Waals surface area contributed by atoms with Crippen LogP contribution in [0.2, 0.25) is 0 Å². The van der Waals surface area contributed by atoms with Gasteiger partial charge in [0.05, 0.1) is 5.69 Å². The quantitative estimate of drug-likeness (QED) is 0.326. The van der Waals surface area contributed by atoms with E-state index >= 15 is 0 Å². The van der Waals surface area contributed by atoms with Crippen molar-refractivity contribution in [3.05, 3.63) is 82.2 Å². The van der Waals surface area contributed by atoms with E-state index in [-0.39, 0.29) is 17.1 Å². The van der Waals surface area contributed by atoms with Gasteiger partial charge in [-0.05, 0) is 43.7 Å². The van der Waals surface area contributed by atoms with Gasteiger partial charge in [-0.1, -0.05) is 0 Å². The Bertz CT molecular complexity index is 1450. The van der Waals surface area contributed by atoms with Gasteiger partial charge < -0.3 is 13.9 Å². The fraction of sp³-hybridized carbons (Fsp3) is 0.208. The van der Waals surface area contributed by atoms with Crippen LogP contribution in [0.25, 0.3) is 22.2 Å². The second-order valence-electron chi connectivity index (χ2n) is 8.23. The summed E-state index contributed by atoms with van der Waals surface area (Å²) in [6.45, 7) is 3.67. The lowest BCUT2D eigenvalue weighted by Crippen LogP contribution is -2.49. The zero-order valence-electron chi connectivity index (χ0n) is 17.6. The molecule has 4 aromatic rings. The van der Waals surface area contributed by atoms with E-state index in [1.807, 2.05) is 19.9 Å². The van der Waals surface area contributed by atoms with Crippen molar-refractivity contribution < 1.29 is 27.1 Å². The molecule has 9 heteroatoms. The monoisotopic (exact) mass is 454 g/mol. The summed E-state index contributed by atoms with van der Waals surface area (Å²) in [4.78, 5) is 19.6. The van der Waals surface area contributed by atoms with Crippen molar-refractivity contribution in [2.75, 3.05) is 0 Å². The third kappa shape index (κ3) is 3.79. The Labute approximate surface area is 185 Å². The highest BCUT2D eigenvalue weighted by molar-refractivity contribution is 5.79. The van der Waals surface area contributed by atoms with E-state index in [0.717, 1.165) is 29.4 Å². The van der Waals surface area contributed by atoms with Gasteiger partial charge in [-0.3, -0.25) is 0 Å². The molecule has 1 unspecified atom stereocenters. The second-order valence-corrected chi connectivity index (χ2v) is 8.23. The molecule has 0 saturated heterocycles. The van der Waals surface area contributed by atoms with Crippen LogP contribution in [-0.4, -0.2) is 21.7 Å². The van der Waals surface area contributed by atoms with Gasteiger partial charge in [0.1, 0.15) is 29.4 Å². The maximum atomic E-state index is 14.2. The maximum absolute atomic E-state index is 14.2. The molecule has 0 radical (unpaired) electrons. The van der Waals surface area contributed by atoms with Crippen molar-refractivity contribution in [3.63, 3.8) is 0 Å². The fourth-order valence-corrected chi connectivity index (χ4v) is 3.80. The molecule has 2 aromatic carbocycles. The number of aromatic nitrogens is 2. The third-order valence-corrected chi connectivity index (χ3v) is 5.57. The zero-order chi connectivity index (χ0) is 23.3. The molecule has 0 aliphatic carbocycles. The third-order valence-electron chi connectivity index (χ3n) is 5.57. The molecule has 0 fully saturated rings. The molecule has 1 aliphatic heterocycles. The van der Waals surface area contributed by atoms with Gasteiger partial charge in [-0.2, -0.15) is 0 Å². The van der Waals surface area contributed by atoms with E-state index in [4.69, 9.17) is 13.9 Å². The first-order valence-electron chi connectivity index (χ1n) is 10.1. The Kier molecular flexibility index (Phi) is 4.84. The van der Waals surface area contributed by atoms with Crippen LogP contribution in [0.4, 0.5) is 13.2 Å². The number of hydrogen-bond donors (Lipinski definition) is 0. The first kappa shape index (κ1) is 21.0. The molecule has 6 nitrogen and oxygen atoms in total. The van der Waals surface area contributed by atoms with Crippen molar-refractivity contribution in [1.82, 2.24) is 9.97 Å². The van der Waals surface area contributed by atoms with Crippen LogP contribution in [0, 0.1) is 17.5 Å². The smallest absolute Gasteiger partial charge is 0.336 e. The van der Waals surface area contributed by atoms with Crippen LogP contribution < -0.4 is 15.1 Å². The Morgan fingerprint density at radius 2 is 1.85 bits per heavy atom. The first-order valence-corrected chi connectivity index (χ1v) is 10.1. The number of benzene rings is 2. The van der Waals surface area contributed by atoms with Crippen molar-refractivity contribution in [3.8, 4) is 22.9 Å².